The van der Waals surface area contributed by atoms with Crippen molar-refractivity contribution in [3.05, 3.63) is 169 Å². The largest absolute Gasteiger partial charge is 0.455 e. The number of allylic oxidation sites excluding steroid dienone is 6. The molecule has 0 atom stereocenters. The molecule has 1 nitrogen and oxygen atoms in total. The summed E-state index contributed by atoms with van der Waals surface area (Å²) in [5.41, 5.74) is 13.7. The van der Waals surface area contributed by atoms with Gasteiger partial charge in [-0.3, -0.25) is 0 Å². The standard InChI is InChI=1S/C45H36O/c1-5-8-18-31(7-3)42-30(4)35(17-6-2)43(38-24-16-15-23-37(38)42)34-25-28-41-40(29-34)39-27-26-36(32-19-11-9-12-20-32)44(45(39)46-41)33-21-13-10-14-22-33/h5-29H,1H2,2-4H3/b17-6-,18-8-,31-7+. The molecule has 0 aliphatic heterocycles. The maximum absolute atomic E-state index is 6.75. The van der Waals surface area contributed by atoms with Gasteiger partial charge in [0.1, 0.15) is 11.2 Å². The molecule has 0 saturated carbocycles. The minimum Gasteiger partial charge on any atom is -0.455 e. The summed E-state index contributed by atoms with van der Waals surface area (Å²) < 4.78 is 6.75. The molecule has 7 rings (SSSR count). The van der Waals surface area contributed by atoms with E-state index in [1.165, 1.54) is 49.7 Å². The average molecular weight is 593 g/mol. The van der Waals surface area contributed by atoms with Crippen LogP contribution < -0.4 is 0 Å². The highest BCUT2D eigenvalue weighted by atomic mass is 16.3. The lowest BCUT2D eigenvalue weighted by Crippen LogP contribution is -1.98. The first-order valence-corrected chi connectivity index (χ1v) is 15.9. The quantitative estimate of drug-likeness (QED) is 0.168. The van der Waals surface area contributed by atoms with Gasteiger partial charge in [0.05, 0.1) is 0 Å². The summed E-state index contributed by atoms with van der Waals surface area (Å²) in [5.74, 6) is 0. The number of fused-ring (bicyclic) bond motifs is 4. The Morgan fingerprint density at radius 2 is 1.35 bits per heavy atom. The highest BCUT2D eigenvalue weighted by Crippen LogP contribution is 2.45. The smallest absolute Gasteiger partial charge is 0.143 e. The summed E-state index contributed by atoms with van der Waals surface area (Å²) in [6.45, 7) is 10.3. The van der Waals surface area contributed by atoms with Crippen molar-refractivity contribution in [3.8, 4) is 33.4 Å². The molecule has 1 heteroatoms. The monoisotopic (exact) mass is 592 g/mol. The molecule has 0 aliphatic carbocycles. The van der Waals surface area contributed by atoms with Crippen LogP contribution in [0.2, 0.25) is 0 Å². The Kier molecular flexibility index (Phi) is 7.83. The van der Waals surface area contributed by atoms with E-state index in [1.807, 2.05) is 12.2 Å². The molecule has 1 heterocycles. The first-order chi connectivity index (χ1) is 22.6. The van der Waals surface area contributed by atoms with Gasteiger partial charge in [0.2, 0.25) is 0 Å². The van der Waals surface area contributed by atoms with E-state index >= 15 is 0 Å². The Morgan fingerprint density at radius 1 is 0.652 bits per heavy atom. The predicted octanol–water partition coefficient (Wildman–Crippen LogP) is 13.2. The van der Waals surface area contributed by atoms with E-state index in [2.05, 4.69) is 167 Å². The number of rotatable bonds is 7. The SMILES string of the molecule is C=C/C=C\C(=C/C)c1c(C)c(/C=C\C)c(-c2ccc3oc4c(-c5ccccc5)c(-c5ccccc5)ccc4c3c2)c2ccccc12. The zero-order valence-electron chi connectivity index (χ0n) is 26.5. The van der Waals surface area contributed by atoms with E-state index in [-0.39, 0.29) is 0 Å². The van der Waals surface area contributed by atoms with Gasteiger partial charge in [0.15, 0.2) is 0 Å². The average Bonchev–Trinajstić information content (AvgIpc) is 3.48. The van der Waals surface area contributed by atoms with Crippen molar-refractivity contribution in [2.45, 2.75) is 20.8 Å². The van der Waals surface area contributed by atoms with Crippen LogP contribution in [0.5, 0.6) is 0 Å². The third-order valence-electron chi connectivity index (χ3n) is 8.93. The molecule has 0 radical (unpaired) electrons. The molecule has 0 amide bonds. The zero-order chi connectivity index (χ0) is 31.6. The summed E-state index contributed by atoms with van der Waals surface area (Å²) in [5, 5.41) is 4.70. The Labute approximate surface area is 271 Å². The number of hydrogen-bond donors (Lipinski definition) is 0. The molecule has 222 valence electrons. The lowest BCUT2D eigenvalue weighted by Gasteiger charge is -2.20. The van der Waals surface area contributed by atoms with Crippen LogP contribution in [0.4, 0.5) is 0 Å². The lowest BCUT2D eigenvalue weighted by molar-refractivity contribution is 0.670. The van der Waals surface area contributed by atoms with Gasteiger partial charge in [-0.1, -0.05) is 140 Å². The highest BCUT2D eigenvalue weighted by molar-refractivity contribution is 6.15. The molecule has 46 heavy (non-hydrogen) atoms. The van der Waals surface area contributed by atoms with Crippen LogP contribution in [0.15, 0.2) is 157 Å². The second-order valence-electron chi connectivity index (χ2n) is 11.6. The van der Waals surface area contributed by atoms with E-state index in [9.17, 15) is 0 Å². The lowest BCUT2D eigenvalue weighted by atomic mass is 9.83. The van der Waals surface area contributed by atoms with Crippen LogP contribution in [0, 0.1) is 6.92 Å². The van der Waals surface area contributed by atoms with Crippen LogP contribution in [0.1, 0.15) is 30.5 Å². The highest BCUT2D eigenvalue weighted by Gasteiger charge is 2.21. The Hall–Kier alpha value is -5.66. The van der Waals surface area contributed by atoms with E-state index < -0.39 is 0 Å². The van der Waals surface area contributed by atoms with Gasteiger partial charge in [-0.2, -0.15) is 0 Å². The fourth-order valence-electron chi connectivity index (χ4n) is 6.89. The summed E-state index contributed by atoms with van der Waals surface area (Å²) in [7, 11) is 0. The minimum atomic E-state index is 0.886. The normalized spacial score (nSPS) is 12.3. The fraction of sp³-hybridized carbons (Fsp3) is 0.0667. The third kappa shape index (κ3) is 4.91. The number of hydrogen-bond acceptors (Lipinski definition) is 1. The molecule has 0 N–H and O–H groups in total. The van der Waals surface area contributed by atoms with Crippen LogP contribution in [-0.2, 0) is 0 Å². The van der Waals surface area contributed by atoms with E-state index in [1.54, 1.807) is 0 Å². The fourth-order valence-corrected chi connectivity index (χ4v) is 6.89. The summed E-state index contributed by atoms with van der Waals surface area (Å²) >= 11 is 0. The first kappa shape index (κ1) is 29.1. The summed E-state index contributed by atoms with van der Waals surface area (Å²) in [6.07, 6.45) is 12.6. The van der Waals surface area contributed by atoms with Gasteiger partial charge in [0, 0.05) is 16.3 Å². The summed E-state index contributed by atoms with van der Waals surface area (Å²) in [6, 6.07) is 41.1. The van der Waals surface area contributed by atoms with Crippen molar-refractivity contribution >= 4 is 44.4 Å². The van der Waals surface area contributed by atoms with Gasteiger partial charge < -0.3 is 4.42 Å². The molecular weight excluding hydrogens is 556 g/mol. The molecule has 0 fully saturated rings. The molecule has 0 spiro atoms. The Balaban J connectivity index is 1.52. The van der Waals surface area contributed by atoms with Crippen molar-refractivity contribution in [3.63, 3.8) is 0 Å². The molecule has 0 saturated heterocycles. The van der Waals surface area contributed by atoms with E-state index in [4.69, 9.17) is 4.42 Å². The Morgan fingerprint density at radius 3 is 2.04 bits per heavy atom. The molecular formula is C45H36O. The number of furan rings is 1. The minimum absolute atomic E-state index is 0.886. The third-order valence-corrected chi connectivity index (χ3v) is 8.93. The molecule has 7 aromatic rings. The zero-order valence-corrected chi connectivity index (χ0v) is 26.5. The molecule has 1 aromatic heterocycles. The van der Waals surface area contributed by atoms with Gasteiger partial charge in [-0.15, -0.1) is 0 Å². The van der Waals surface area contributed by atoms with Crippen LogP contribution in [0.25, 0.3) is 77.7 Å². The van der Waals surface area contributed by atoms with E-state index in [0.717, 1.165) is 38.6 Å². The van der Waals surface area contributed by atoms with Crippen molar-refractivity contribution in [2.24, 2.45) is 0 Å². The van der Waals surface area contributed by atoms with Gasteiger partial charge in [-0.25, -0.2) is 0 Å². The van der Waals surface area contributed by atoms with Crippen LogP contribution in [-0.4, -0.2) is 0 Å². The van der Waals surface area contributed by atoms with Gasteiger partial charge in [-0.05, 0) is 99.8 Å². The molecule has 0 aliphatic rings. The van der Waals surface area contributed by atoms with Crippen LogP contribution in [0.3, 0.4) is 0 Å². The maximum Gasteiger partial charge on any atom is 0.143 e. The summed E-state index contributed by atoms with van der Waals surface area (Å²) in [4.78, 5) is 0. The van der Waals surface area contributed by atoms with Gasteiger partial charge in [0.25, 0.3) is 0 Å². The number of benzene rings is 6. The predicted molar refractivity (Wildman–Crippen MR) is 200 cm³/mol. The Bertz CT molecular complexity index is 2330. The van der Waals surface area contributed by atoms with Crippen molar-refractivity contribution in [2.75, 3.05) is 0 Å². The first-order valence-electron chi connectivity index (χ1n) is 15.9. The topological polar surface area (TPSA) is 13.1 Å². The molecule has 0 bridgehead atoms. The second-order valence-corrected chi connectivity index (χ2v) is 11.6. The second kappa shape index (κ2) is 12.4. The van der Waals surface area contributed by atoms with E-state index in [0.29, 0.717) is 0 Å². The van der Waals surface area contributed by atoms with Crippen molar-refractivity contribution < 1.29 is 4.42 Å². The molecule has 6 aromatic carbocycles. The van der Waals surface area contributed by atoms with Crippen molar-refractivity contribution in [1.82, 2.24) is 0 Å². The molecule has 0 unspecified atom stereocenters. The van der Waals surface area contributed by atoms with Gasteiger partial charge >= 0.3 is 0 Å². The van der Waals surface area contributed by atoms with Crippen LogP contribution >= 0.6 is 0 Å². The maximum atomic E-state index is 6.75. The van der Waals surface area contributed by atoms with Crippen molar-refractivity contribution in [1.29, 1.82) is 0 Å².